The summed E-state index contributed by atoms with van der Waals surface area (Å²) in [5.74, 6) is -0.101. The van der Waals surface area contributed by atoms with Gasteiger partial charge in [0.2, 0.25) is 5.91 Å². The number of carbonyl (C=O) groups is 2. The Labute approximate surface area is 174 Å². The van der Waals surface area contributed by atoms with Crippen molar-refractivity contribution in [3.63, 3.8) is 0 Å². The molecule has 1 heterocycles. The number of rotatable bonds is 6. The quantitative estimate of drug-likeness (QED) is 0.488. The second-order valence-corrected chi connectivity index (χ2v) is 8.33. The highest BCUT2D eigenvalue weighted by atomic mass is 32.2. The minimum absolute atomic E-state index is 0.0217. The molecular weight excluding hydrogens is 380 g/mol. The van der Waals surface area contributed by atoms with Crippen LogP contribution in [0.25, 0.3) is 0 Å². The number of hydrogen-bond acceptors (Lipinski definition) is 4. The molecule has 2 atom stereocenters. The molecule has 0 aromatic heterocycles. The van der Waals surface area contributed by atoms with Crippen molar-refractivity contribution in [2.45, 2.75) is 23.9 Å². The topological polar surface area (TPSA) is 58.2 Å². The van der Waals surface area contributed by atoms with Gasteiger partial charge in [0.15, 0.2) is 5.12 Å². The van der Waals surface area contributed by atoms with Gasteiger partial charge in [0.05, 0.1) is 5.54 Å². The van der Waals surface area contributed by atoms with Gasteiger partial charge >= 0.3 is 0 Å². The van der Waals surface area contributed by atoms with Crippen LogP contribution in [0.3, 0.4) is 0 Å². The molecule has 0 bridgehead atoms. The molecule has 4 nitrogen and oxygen atoms in total. The summed E-state index contributed by atoms with van der Waals surface area (Å²) in [6, 6.07) is 29.8. The molecule has 29 heavy (non-hydrogen) atoms. The fourth-order valence-corrected chi connectivity index (χ4v) is 4.68. The first-order chi connectivity index (χ1) is 14.1. The Hall–Kier alpha value is -2.89. The van der Waals surface area contributed by atoms with Crippen molar-refractivity contribution in [1.29, 1.82) is 0 Å². The van der Waals surface area contributed by atoms with Crippen molar-refractivity contribution in [2.75, 3.05) is 0 Å². The summed E-state index contributed by atoms with van der Waals surface area (Å²) in [7, 11) is 0. The van der Waals surface area contributed by atoms with Crippen LogP contribution in [0.4, 0.5) is 0 Å². The van der Waals surface area contributed by atoms with Crippen molar-refractivity contribution in [3.8, 4) is 0 Å². The predicted octanol–water partition coefficient (Wildman–Crippen LogP) is 3.67. The average Bonchev–Trinajstić information content (AvgIpc) is 2.76. The molecule has 0 unspecified atom stereocenters. The van der Waals surface area contributed by atoms with E-state index in [0.29, 0.717) is 0 Å². The minimum atomic E-state index is -0.734. The highest BCUT2D eigenvalue weighted by Crippen LogP contribution is 2.38. The van der Waals surface area contributed by atoms with Crippen LogP contribution in [0.1, 0.15) is 23.6 Å². The van der Waals surface area contributed by atoms with Crippen molar-refractivity contribution in [3.05, 3.63) is 108 Å². The Kier molecular flexibility index (Phi) is 5.51. The molecule has 4 rings (SSSR count). The number of amides is 1. The molecule has 3 aromatic rings. The van der Waals surface area contributed by atoms with E-state index in [0.717, 1.165) is 28.5 Å². The average molecular weight is 403 g/mol. The third-order valence-electron chi connectivity index (χ3n) is 5.16. The monoisotopic (exact) mass is 402 g/mol. The summed E-state index contributed by atoms with van der Waals surface area (Å²) >= 11 is 1.15. The largest absolute Gasteiger partial charge is 0.340 e. The van der Waals surface area contributed by atoms with E-state index in [9.17, 15) is 9.59 Å². The Morgan fingerprint density at radius 3 is 1.59 bits per heavy atom. The lowest BCUT2D eigenvalue weighted by Crippen LogP contribution is -2.70. The molecule has 1 amide bonds. The summed E-state index contributed by atoms with van der Waals surface area (Å²) in [5.41, 5.74) is 2.36. The first kappa shape index (κ1) is 19.4. The maximum atomic E-state index is 12.5. The Bertz CT molecular complexity index is 896. The third-order valence-corrected chi connectivity index (χ3v) is 6.13. The predicted molar refractivity (Wildman–Crippen MR) is 116 cm³/mol. The molecule has 2 N–H and O–H groups in total. The number of β-lactam (4-membered cyclic amide) rings is 1. The van der Waals surface area contributed by atoms with Crippen molar-refractivity contribution in [2.24, 2.45) is 0 Å². The van der Waals surface area contributed by atoms with E-state index < -0.39 is 11.6 Å². The molecule has 1 fully saturated rings. The minimum Gasteiger partial charge on any atom is -0.340 e. The normalized spacial score (nSPS) is 18.6. The molecule has 1 aliphatic rings. The summed E-state index contributed by atoms with van der Waals surface area (Å²) in [6.45, 7) is 1.52. The van der Waals surface area contributed by atoms with Crippen LogP contribution in [0.15, 0.2) is 91.0 Å². The van der Waals surface area contributed by atoms with Crippen molar-refractivity contribution < 1.29 is 9.59 Å². The van der Waals surface area contributed by atoms with Gasteiger partial charge in [0.25, 0.3) is 0 Å². The first-order valence-corrected chi connectivity index (χ1v) is 10.4. The van der Waals surface area contributed by atoms with E-state index in [1.807, 2.05) is 54.6 Å². The molecule has 0 radical (unpaired) electrons. The van der Waals surface area contributed by atoms with Gasteiger partial charge in [-0.3, -0.25) is 14.9 Å². The Morgan fingerprint density at radius 2 is 1.24 bits per heavy atom. The van der Waals surface area contributed by atoms with Crippen LogP contribution in [-0.2, 0) is 15.1 Å². The van der Waals surface area contributed by atoms with E-state index in [1.165, 1.54) is 6.92 Å². The third kappa shape index (κ3) is 3.71. The molecule has 146 valence electrons. The zero-order valence-electron chi connectivity index (χ0n) is 16.0. The molecule has 3 aromatic carbocycles. The molecule has 1 aliphatic heterocycles. The van der Waals surface area contributed by atoms with Crippen molar-refractivity contribution in [1.82, 2.24) is 10.6 Å². The van der Waals surface area contributed by atoms with E-state index in [1.54, 1.807) is 0 Å². The summed E-state index contributed by atoms with van der Waals surface area (Å²) in [6.07, 6.45) is 0. The summed E-state index contributed by atoms with van der Waals surface area (Å²) in [4.78, 5) is 24.2. The van der Waals surface area contributed by atoms with E-state index >= 15 is 0 Å². The van der Waals surface area contributed by atoms with Crippen LogP contribution in [-0.4, -0.2) is 22.4 Å². The molecule has 0 saturated carbocycles. The lowest BCUT2D eigenvalue weighted by atomic mass is 9.76. The van der Waals surface area contributed by atoms with Crippen LogP contribution >= 0.6 is 11.8 Å². The highest BCUT2D eigenvalue weighted by Gasteiger charge is 2.47. The number of benzene rings is 3. The fourth-order valence-electron chi connectivity index (χ4n) is 3.82. The standard InChI is InChI=1S/C24H22N2O2S/c1-17(27)29-23-21(22(28)25-23)26-24(18-11-5-2-6-12-18,19-13-7-3-8-14-19)20-15-9-4-10-16-20/h2-16,21,23,26H,1H3,(H,25,28)/t21-,23+/m1/s1. The Balaban J connectivity index is 1.89. The number of carbonyl (C=O) groups excluding carboxylic acids is 2. The zero-order chi connectivity index (χ0) is 20.3. The number of thioether (sulfide) groups is 1. The lowest BCUT2D eigenvalue weighted by molar-refractivity contribution is -0.129. The maximum absolute atomic E-state index is 12.5. The van der Waals surface area contributed by atoms with Gasteiger partial charge in [0, 0.05) is 6.92 Å². The van der Waals surface area contributed by atoms with Crippen molar-refractivity contribution >= 4 is 22.8 Å². The smallest absolute Gasteiger partial charge is 0.241 e. The second kappa shape index (κ2) is 8.23. The molecule has 0 spiro atoms. The van der Waals surface area contributed by atoms with Crippen LogP contribution in [0, 0.1) is 0 Å². The Morgan fingerprint density at radius 1 is 0.828 bits per heavy atom. The highest BCUT2D eigenvalue weighted by molar-refractivity contribution is 8.14. The first-order valence-electron chi connectivity index (χ1n) is 9.53. The zero-order valence-corrected chi connectivity index (χ0v) is 16.9. The van der Waals surface area contributed by atoms with Gasteiger partial charge < -0.3 is 5.32 Å². The molecule has 5 heteroatoms. The summed E-state index contributed by atoms with van der Waals surface area (Å²) in [5, 5.41) is 6.16. The van der Waals surface area contributed by atoms with Gasteiger partial charge in [0.1, 0.15) is 11.4 Å². The van der Waals surface area contributed by atoms with E-state index in [4.69, 9.17) is 0 Å². The van der Waals surface area contributed by atoms with Crippen LogP contribution < -0.4 is 10.6 Å². The van der Waals surface area contributed by atoms with Gasteiger partial charge in [-0.1, -0.05) is 103 Å². The lowest BCUT2D eigenvalue weighted by Gasteiger charge is -2.45. The second-order valence-electron chi connectivity index (χ2n) is 7.01. The molecule has 0 aliphatic carbocycles. The number of hydrogen-bond donors (Lipinski definition) is 2. The maximum Gasteiger partial charge on any atom is 0.241 e. The SMILES string of the molecule is CC(=O)S[C@@H]1NC(=O)[C@H]1NC(c1ccccc1)(c1ccccc1)c1ccccc1. The van der Waals surface area contributed by atoms with Gasteiger partial charge in [-0.15, -0.1) is 0 Å². The molecule has 1 saturated heterocycles. The molecular formula is C24H22N2O2S. The van der Waals surface area contributed by atoms with E-state index in [2.05, 4.69) is 47.0 Å². The van der Waals surface area contributed by atoms with Crippen LogP contribution in [0.5, 0.6) is 0 Å². The number of nitrogens with one attached hydrogen (secondary N) is 2. The van der Waals surface area contributed by atoms with Crippen LogP contribution in [0.2, 0.25) is 0 Å². The summed E-state index contributed by atoms with van der Waals surface area (Å²) < 4.78 is 0. The van der Waals surface area contributed by atoms with Gasteiger partial charge in [-0.05, 0) is 16.7 Å². The van der Waals surface area contributed by atoms with Gasteiger partial charge in [-0.25, -0.2) is 0 Å². The fraction of sp³-hybridized carbons (Fsp3) is 0.167. The van der Waals surface area contributed by atoms with E-state index in [-0.39, 0.29) is 16.4 Å². The van der Waals surface area contributed by atoms with Gasteiger partial charge in [-0.2, -0.15) is 0 Å².